The van der Waals surface area contributed by atoms with E-state index in [1.54, 1.807) is 13.1 Å². The van der Waals surface area contributed by atoms with E-state index in [0.29, 0.717) is 30.6 Å². The van der Waals surface area contributed by atoms with Gasteiger partial charge >= 0.3 is 0 Å². The largest absolute Gasteiger partial charge is 0.383 e. The van der Waals surface area contributed by atoms with E-state index >= 15 is 0 Å². The number of likely N-dealkylation sites (tertiary alicyclic amines) is 1. The Morgan fingerprint density at radius 2 is 2.03 bits per heavy atom. The molecule has 9 heteroatoms. The first kappa shape index (κ1) is 19.6. The number of aromatic nitrogens is 3. The lowest BCUT2D eigenvalue weighted by Crippen LogP contribution is -2.41. The molecule has 30 heavy (non-hydrogen) atoms. The van der Waals surface area contributed by atoms with Crippen molar-refractivity contribution in [3.63, 3.8) is 0 Å². The number of hydrogen-bond donors (Lipinski definition) is 1. The molecule has 0 radical (unpaired) electrons. The van der Waals surface area contributed by atoms with Gasteiger partial charge in [0.2, 0.25) is 5.56 Å². The summed E-state index contributed by atoms with van der Waals surface area (Å²) in [6.07, 6.45) is 3.98. The van der Waals surface area contributed by atoms with Gasteiger partial charge in [-0.25, -0.2) is 9.07 Å². The molecule has 3 heterocycles. The van der Waals surface area contributed by atoms with E-state index < -0.39 is 11.9 Å². The maximum Gasteiger partial charge on any atom is 0.255 e. The summed E-state index contributed by atoms with van der Waals surface area (Å²) >= 11 is 0. The number of nitrogens with zero attached hydrogens (tertiary/aromatic N) is 4. The lowest BCUT2D eigenvalue weighted by atomic mass is 10.0. The Balaban J connectivity index is 1.62. The highest BCUT2D eigenvalue weighted by Gasteiger charge is 2.36. The molecule has 1 aliphatic rings. The number of rotatable bonds is 4. The predicted octanol–water partition coefficient (Wildman–Crippen LogP) is 1.78. The van der Waals surface area contributed by atoms with Crippen LogP contribution in [0.1, 0.15) is 33.6 Å². The Hall–Kier alpha value is -3.75. The Bertz CT molecular complexity index is 1200. The maximum atomic E-state index is 13.5. The van der Waals surface area contributed by atoms with Gasteiger partial charge in [-0.1, -0.05) is 6.07 Å². The van der Waals surface area contributed by atoms with E-state index in [4.69, 9.17) is 5.73 Å². The average molecular weight is 409 g/mol. The Morgan fingerprint density at radius 1 is 1.23 bits per heavy atom. The number of hydrogen-bond acceptors (Lipinski definition) is 5. The highest BCUT2D eigenvalue weighted by molar-refractivity contribution is 6.07. The molecule has 1 fully saturated rings. The van der Waals surface area contributed by atoms with E-state index in [2.05, 4.69) is 5.10 Å². The molecule has 8 nitrogen and oxygen atoms in total. The SMILES string of the molecule is Cn1cc(C(=O)N2CCC[C@H]2C(=O)c2cnn(-c3cccc(F)c3)c2N)ccc1=O. The molecular formula is C21H20FN5O3. The van der Waals surface area contributed by atoms with Gasteiger partial charge in [-0.3, -0.25) is 14.4 Å². The topological polar surface area (TPSA) is 103 Å². The number of aryl methyl sites for hydroxylation is 1. The molecule has 4 rings (SSSR count). The molecule has 1 saturated heterocycles. The summed E-state index contributed by atoms with van der Waals surface area (Å²) in [5.41, 5.74) is 6.83. The van der Waals surface area contributed by atoms with Crippen molar-refractivity contribution in [2.75, 3.05) is 12.3 Å². The van der Waals surface area contributed by atoms with E-state index in [1.165, 1.54) is 56.9 Å². The fourth-order valence-corrected chi connectivity index (χ4v) is 3.71. The van der Waals surface area contributed by atoms with Crippen LogP contribution in [-0.4, -0.2) is 43.5 Å². The van der Waals surface area contributed by atoms with Gasteiger partial charge in [0, 0.05) is 25.9 Å². The molecule has 1 aliphatic heterocycles. The summed E-state index contributed by atoms with van der Waals surface area (Å²) < 4.78 is 16.2. The summed E-state index contributed by atoms with van der Waals surface area (Å²) in [6.45, 7) is 0.427. The Kier molecular flexibility index (Phi) is 4.94. The van der Waals surface area contributed by atoms with Gasteiger partial charge in [-0.15, -0.1) is 0 Å². The molecule has 2 N–H and O–H groups in total. The van der Waals surface area contributed by atoms with Crippen molar-refractivity contribution in [3.8, 4) is 5.69 Å². The molecule has 154 valence electrons. The number of carbonyl (C=O) groups is 2. The van der Waals surface area contributed by atoms with Crippen molar-refractivity contribution in [2.24, 2.45) is 7.05 Å². The van der Waals surface area contributed by atoms with Gasteiger partial charge in [0.25, 0.3) is 5.91 Å². The van der Waals surface area contributed by atoms with Gasteiger partial charge in [-0.2, -0.15) is 5.10 Å². The fourth-order valence-electron chi connectivity index (χ4n) is 3.71. The van der Waals surface area contributed by atoms with Gasteiger partial charge in [0.15, 0.2) is 5.78 Å². The molecule has 2 aromatic heterocycles. The van der Waals surface area contributed by atoms with Crippen molar-refractivity contribution >= 4 is 17.5 Å². The van der Waals surface area contributed by atoms with E-state index in [9.17, 15) is 18.8 Å². The molecule has 1 atom stereocenters. The maximum absolute atomic E-state index is 13.5. The van der Waals surface area contributed by atoms with Crippen LogP contribution >= 0.6 is 0 Å². The van der Waals surface area contributed by atoms with E-state index in [-0.39, 0.29) is 28.6 Å². The van der Waals surface area contributed by atoms with E-state index in [1.807, 2.05) is 0 Å². The van der Waals surface area contributed by atoms with Crippen molar-refractivity contribution in [2.45, 2.75) is 18.9 Å². The van der Waals surface area contributed by atoms with Crippen LogP contribution in [0.5, 0.6) is 0 Å². The zero-order valence-electron chi connectivity index (χ0n) is 16.3. The second-order valence-electron chi connectivity index (χ2n) is 7.22. The van der Waals surface area contributed by atoms with Gasteiger partial charge < -0.3 is 15.2 Å². The first-order valence-electron chi connectivity index (χ1n) is 9.48. The number of halogens is 1. The van der Waals surface area contributed by atoms with Gasteiger partial charge in [0.05, 0.1) is 29.1 Å². The smallest absolute Gasteiger partial charge is 0.255 e. The molecule has 3 aromatic rings. The number of pyridine rings is 1. The molecule has 0 saturated carbocycles. The number of benzene rings is 1. The van der Waals surface area contributed by atoms with Crippen LogP contribution < -0.4 is 11.3 Å². The third-order valence-corrected chi connectivity index (χ3v) is 5.27. The highest BCUT2D eigenvalue weighted by Crippen LogP contribution is 2.26. The molecule has 0 unspecified atom stereocenters. The summed E-state index contributed by atoms with van der Waals surface area (Å²) in [7, 11) is 1.56. The monoisotopic (exact) mass is 409 g/mol. The number of ketones is 1. The Morgan fingerprint density at radius 3 is 2.77 bits per heavy atom. The van der Waals surface area contributed by atoms with Crippen LogP contribution in [-0.2, 0) is 7.05 Å². The minimum absolute atomic E-state index is 0.0898. The van der Waals surface area contributed by atoms with Crippen molar-refractivity contribution in [3.05, 3.63) is 76.1 Å². The normalized spacial score (nSPS) is 16.1. The number of amides is 1. The molecule has 0 aliphatic carbocycles. The predicted molar refractivity (Wildman–Crippen MR) is 108 cm³/mol. The lowest BCUT2D eigenvalue weighted by molar-refractivity contribution is 0.0671. The van der Waals surface area contributed by atoms with Crippen LogP contribution in [0.3, 0.4) is 0 Å². The quantitative estimate of drug-likeness (QED) is 0.662. The minimum Gasteiger partial charge on any atom is -0.383 e. The van der Waals surface area contributed by atoms with Gasteiger partial charge in [-0.05, 0) is 37.1 Å². The van der Waals surface area contributed by atoms with Crippen LogP contribution in [0.25, 0.3) is 5.69 Å². The van der Waals surface area contributed by atoms with Crippen LogP contribution in [0.2, 0.25) is 0 Å². The van der Waals surface area contributed by atoms with Crippen LogP contribution in [0.15, 0.2) is 53.6 Å². The standard InChI is InChI=1S/C21H20FN5O3/c1-25-12-13(7-8-18(25)28)21(30)26-9-3-6-17(26)19(29)16-11-24-27(20(16)23)15-5-2-4-14(22)10-15/h2,4-5,7-8,10-12,17H,3,6,9,23H2,1H3/t17-/m0/s1. The number of carbonyl (C=O) groups excluding carboxylic acids is 2. The second kappa shape index (κ2) is 7.58. The molecule has 1 aromatic carbocycles. The minimum atomic E-state index is -0.679. The summed E-state index contributed by atoms with van der Waals surface area (Å²) in [4.78, 5) is 39.2. The van der Waals surface area contributed by atoms with Crippen LogP contribution in [0.4, 0.5) is 10.2 Å². The molecule has 0 bridgehead atoms. The molecule has 0 spiro atoms. The third kappa shape index (κ3) is 3.38. The van der Waals surface area contributed by atoms with Crippen LogP contribution in [0, 0.1) is 5.82 Å². The van der Waals surface area contributed by atoms with Crippen molar-refractivity contribution in [1.29, 1.82) is 0 Å². The fraction of sp³-hybridized carbons (Fsp3) is 0.238. The zero-order valence-corrected chi connectivity index (χ0v) is 16.3. The molecule has 1 amide bonds. The highest BCUT2D eigenvalue weighted by atomic mass is 19.1. The van der Waals surface area contributed by atoms with E-state index in [0.717, 1.165) is 0 Å². The number of anilines is 1. The number of nitrogens with two attached hydrogens (primary N) is 1. The number of nitrogen functional groups attached to an aromatic ring is 1. The number of Topliss-reactive ketones (excluding diaryl/α,β-unsaturated/α-hetero) is 1. The summed E-state index contributed by atoms with van der Waals surface area (Å²) in [6, 6.07) is 7.83. The zero-order chi connectivity index (χ0) is 21.4. The van der Waals surface area contributed by atoms with Crippen molar-refractivity contribution < 1.29 is 14.0 Å². The molecular weight excluding hydrogens is 389 g/mol. The lowest BCUT2D eigenvalue weighted by Gasteiger charge is -2.23. The third-order valence-electron chi connectivity index (χ3n) is 5.27. The van der Waals surface area contributed by atoms with Crippen molar-refractivity contribution in [1.82, 2.24) is 19.2 Å². The summed E-state index contributed by atoms with van der Waals surface area (Å²) in [5, 5.41) is 4.13. The second-order valence-corrected chi connectivity index (χ2v) is 7.22. The summed E-state index contributed by atoms with van der Waals surface area (Å²) in [5.74, 6) is -0.990. The first-order chi connectivity index (χ1) is 14.4. The first-order valence-corrected chi connectivity index (χ1v) is 9.48. The Labute approximate surface area is 171 Å². The van der Waals surface area contributed by atoms with Gasteiger partial charge in [0.1, 0.15) is 11.6 Å². The average Bonchev–Trinajstić information content (AvgIpc) is 3.36.